The fraction of sp³-hybridized carbons (Fsp3) is 0.238. The SMILES string of the molecule is CCOC(=O)Cc1c(O)n(-c2ccc(F)cc2)c(=S)n1CCc1ccc(Cl)cc1. The molecule has 0 unspecified atom stereocenters. The van der Waals surface area contributed by atoms with Gasteiger partial charge >= 0.3 is 5.97 Å². The molecule has 0 aliphatic rings. The quantitative estimate of drug-likeness (QED) is 0.426. The van der Waals surface area contributed by atoms with Crippen molar-refractivity contribution in [2.75, 3.05) is 6.61 Å². The Balaban J connectivity index is 2.00. The average Bonchev–Trinajstić information content (AvgIpc) is 2.92. The van der Waals surface area contributed by atoms with E-state index in [1.54, 1.807) is 23.6 Å². The van der Waals surface area contributed by atoms with Crippen LogP contribution < -0.4 is 0 Å². The molecule has 8 heteroatoms. The molecule has 3 aromatic rings. The highest BCUT2D eigenvalue weighted by Gasteiger charge is 2.21. The number of nitrogens with zero attached hydrogens (tertiary/aromatic N) is 2. The van der Waals surface area contributed by atoms with Gasteiger partial charge < -0.3 is 14.4 Å². The Morgan fingerprint density at radius 2 is 1.83 bits per heavy atom. The fourth-order valence-corrected chi connectivity index (χ4v) is 3.56. The van der Waals surface area contributed by atoms with Gasteiger partial charge in [0.25, 0.3) is 0 Å². The number of aryl methyl sites for hydroxylation is 1. The molecule has 0 fully saturated rings. The summed E-state index contributed by atoms with van der Waals surface area (Å²) in [6, 6.07) is 13.0. The first-order valence-electron chi connectivity index (χ1n) is 9.10. The highest BCUT2D eigenvalue weighted by Crippen LogP contribution is 2.27. The maximum atomic E-state index is 13.3. The number of ether oxygens (including phenoxy) is 1. The lowest BCUT2D eigenvalue weighted by atomic mass is 10.1. The van der Waals surface area contributed by atoms with Gasteiger partial charge in [0.1, 0.15) is 5.82 Å². The van der Waals surface area contributed by atoms with Crippen molar-refractivity contribution in [3.8, 4) is 11.6 Å². The zero-order chi connectivity index (χ0) is 21.0. The first kappa shape index (κ1) is 21.1. The average molecular weight is 435 g/mol. The van der Waals surface area contributed by atoms with Crippen molar-refractivity contribution in [1.82, 2.24) is 9.13 Å². The Labute approximate surface area is 177 Å². The van der Waals surface area contributed by atoms with Gasteiger partial charge in [-0.1, -0.05) is 23.7 Å². The van der Waals surface area contributed by atoms with Gasteiger partial charge in [0.15, 0.2) is 4.77 Å². The summed E-state index contributed by atoms with van der Waals surface area (Å²) in [6.45, 7) is 2.40. The second kappa shape index (κ2) is 9.24. The molecule has 0 saturated heterocycles. The van der Waals surface area contributed by atoms with E-state index < -0.39 is 11.8 Å². The molecule has 0 saturated carbocycles. The van der Waals surface area contributed by atoms with E-state index in [9.17, 15) is 14.3 Å². The Bertz CT molecular complexity index is 1060. The van der Waals surface area contributed by atoms with E-state index in [-0.39, 0.29) is 18.9 Å². The van der Waals surface area contributed by atoms with Crippen LogP contribution in [0.3, 0.4) is 0 Å². The Hall–Kier alpha value is -2.64. The number of hydrogen-bond donors (Lipinski definition) is 1. The third-order valence-electron chi connectivity index (χ3n) is 4.46. The fourth-order valence-electron chi connectivity index (χ4n) is 3.05. The van der Waals surface area contributed by atoms with Gasteiger partial charge in [0.2, 0.25) is 5.88 Å². The normalized spacial score (nSPS) is 10.9. The molecule has 152 valence electrons. The smallest absolute Gasteiger partial charge is 0.311 e. The maximum absolute atomic E-state index is 13.3. The summed E-state index contributed by atoms with van der Waals surface area (Å²) in [5, 5.41) is 11.5. The molecule has 0 aliphatic carbocycles. The summed E-state index contributed by atoms with van der Waals surface area (Å²) < 4.78 is 21.8. The van der Waals surface area contributed by atoms with Gasteiger partial charge in [-0.25, -0.2) is 4.39 Å². The summed E-state index contributed by atoms with van der Waals surface area (Å²) >= 11 is 11.5. The first-order chi connectivity index (χ1) is 13.9. The van der Waals surface area contributed by atoms with Crippen LogP contribution in [0.25, 0.3) is 5.69 Å². The van der Waals surface area contributed by atoms with Crippen molar-refractivity contribution >= 4 is 29.8 Å². The zero-order valence-corrected chi connectivity index (χ0v) is 17.3. The number of carbonyl (C=O) groups excluding carboxylic acids is 1. The number of esters is 1. The van der Waals surface area contributed by atoms with E-state index in [1.165, 1.54) is 28.8 Å². The second-order valence-corrected chi connectivity index (χ2v) is 7.18. The Morgan fingerprint density at radius 3 is 2.45 bits per heavy atom. The van der Waals surface area contributed by atoms with Crippen LogP contribution in [0.5, 0.6) is 5.88 Å². The third-order valence-corrected chi connectivity index (χ3v) is 5.11. The molecule has 3 rings (SSSR count). The van der Waals surface area contributed by atoms with Gasteiger partial charge in [-0.05, 0) is 67.5 Å². The predicted molar refractivity (Wildman–Crippen MR) is 112 cm³/mol. The van der Waals surface area contributed by atoms with Crippen molar-refractivity contribution in [3.63, 3.8) is 0 Å². The molecule has 0 atom stereocenters. The topological polar surface area (TPSA) is 56.4 Å². The van der Waals surface area contributed by atoms with Crippen LogP contribution in [0.2, 0.25) is 5.02 Å². The van der Waals surface area contributed by atoms with Crippen LogP contribution in [-0.2, 0) is 28.9 Å². The van der Waals surface area contributed by atoms with E-state index >= 15 is 0 Å². The molecule has 1 heterocycles. The lowest BCUT2D eigenvalue weighted by molar-refractivity contribution is -0.142. The molecule has 29 heavy (non-hydrogen) atoms. The molecule has 0 bridgehead atoms. The number of benzene rings is 2. The minimum absolute atomic E-state index is 0.127. The molecule has 0 spiro atoms. The van der Waals surface area contributed by atoms with Crippen LogP contribution in [0.1, 0.15) is 18.2 Å². The van der Waals surface area contributed by atoms with Gasteiger partial charge in [0.05, 0.1) is 24.4 Å². The number of aromatic nitrogens is 2. The maximum Gasteiger partial charge on any atom is 0.311 e. The predicted octanol–water partition coefficient (Wildman–Crippen LogP) is 4.85. The van der Waals surface area contributed by atoms with E-state index in [0.717, 1.165) is 5.56 Å². The van der Waals surface area contributed by atoms with Crippen LogP contribution in [-0.4, -0.2) is 26.8 Å². The van der Waals surface area contributed by atoms with Crippen molar-refractivity contribution in [2.24, 2.45) is 0 Å². The summed E-state index contributed by atoms with van der Waals surface area (Å²) in [5.74, 6) is -1.02. The van der Waals surface area contributed by atoms with Gasteiger partial charge in [-0.15, -0.1) is 0 Å². The second-order valence-electron chi connectivity index (χ2n) is 6.37. The van der Waals surface area contributed by atoms with E-state index in [4.69, 9.17) is 28.6 Å². The molecule has 0 radical (unpaired) electrons. The Kier molecular flexibility index (Phi) is 6.71. The zero-order valence-electron chi connectivity index (χ0n) is 15.8. The standard InChI is InChI=1S/C21H20ClFN2O3S/c1-2-28-19(26)13-18-20(27)25(17-9-7-16(23)8-10-17)21(29)24(18)12-11-14-3-5-15(22)6-4-14/h3-10,27H,2,11-13H2,1H3. The molecule has 2 aromatic carbocycles. The monoisotopic (exact) mass is 434 g/mol. The molecule has 0 amide bonds. The summed E-state index contributed by atoms with van der Waals surface area (Å²) in [6.07, 6.45) is 0.492. The molecular formula is C21H20ClFN2O3S. The third kappa shape index (κ3) is 4.86. The molecule has 1 N–H and O–H groups in total. The minimum atomic E-state index is -0.464. The summed E-state index contributed by atoms with van der Waals surface area (Å²) in [4.78, 5) is 12.1. The van der Waals surface area contributed by atoms with Crippen molar-refractivity contribution in [2.45, 2.75) is 26.3 Å². The van der Waals surface area contributed by atoms with E-state index in [0.29, 0.717) is 34.1 Å². The number of imidazole rings is 1. The van der Waals surface area contributed by atoms with E-state index in [2.05, 4.69) is 0 Å². The van der Waals surface area contributed by atoms with Crippen molar-refractivity contribution in [1.29, 1.82) is 0 Å². The van der Waals surface area contributed by atoms with Crippen LogP contribution in [0.15, 0.2) is 48.5 Å². The van der Waals surface area contributed by atoms with Gasteiger partial charge in [-0.2, -0.15) is 0 Å². The first-order valence-corrected chi connectivity index (χ1v) is 9.88. The van der Waals surface area contributed by atoms with E-state index in [1.807, 2.05) is 12.1 Å². The summed E-state index contributed by atoms with van der Waals surface area (Å²) in [5.41, 5.74) is 1.89. The number of rotatable bonds is 7. The van der Waals surface area contributed by atoms with Crippen LogP contribution >= 0.6 is 23.8 Å². The number of hydrogen-bond acceptors (Lipinski definition) is 4. The number of aromatic hydroxyl groups is 1. The molecule has 0 aliphatic heterocycles. The van der Waals surface area contributed by atoms with Crippen LogP contribution in [0.4, 0.5) is 4.39 Å². The van der Waals surface area contributed by atoms with Gasteiger partial charge in [-0.3, -0.25) is 9.36 Å². The number of halogens is 2. The summed E-state index contributed by atoms with van der Waals surface area (Å²) in [7, 11) is 0. The minimum Gasteiger partial charge on any atom is -0.493 e. The Morgan fingerprint density at radius 1 is 1.17 bits per heavy atom. The lowest BCUT2D eigenvalue weighted by Crippen LogP contribution is -2.13. The molecule has 1 aromatic heterocycles. The van der Waals surface area contributed by atoms with Crippen molar-refractivity contribution in [3.05, 3.63) is 75.4 Å². The largest absolute Gasteiger partial charge is 0.493 e. The van der Waals surface area contributed by atoms with Crippen LogP contribution in [0, 0.1) is 10.6 Å². The van der Waals surface area contributed by atoms with Gasteiger partial charge in [0, 0.05) is 11.6 Å². The highest BCUT2D eigenvalue weighted by molar-refractivity contribution is 7.71. The highest BCUT2D eigenvalue weighted by atomic mass is 35.5. The van der Waals surface area contributed by atoms with Crippen molar-refractivity contribution < 1.29 is 19.0 Å². The lowest BCUT2D eigenvalue weighted by Gasteiger charge is -2.08. The molecular weight excluding hydrogens is 415 g/mol. The number of carbonyl (C=O) groups is 1. The molecule has 5 nitrogen and oxygen atoms in total.